The van der Waals surface area contributed by atoms with Crippen molar-refractivity contribution in [1.29, 1.82) is 0 Å². The molecule has 1 aliphatic heterocycles. The van der Waals surface area contributed by atoms with Crippen LogP contribution in [0.5, 0.6) is 11.5 Å². The molecule has 0 bridgehead atoms. The number of nitrogens with zero attached hydrogens (tertiary/aromatic N) is 3. The van der Waals surface area contributed by atoms with E-state index in [0.29, 0.717) is 12.4 Å². The predicted octanol–water partition coefficient (Wildman–Crippen LogP) is 2.39. The highest BCUT2D eigenvalue weighted by molar-refractivity contribution is 5.60. The number of hydrogen-bond donors (Lipinski definition) is 1. The largest absolute Gasteiger partial charge is 0.497 e. The minimum Gasteiger partial charge on any atom is -0.497 e. The second-order valence-corrected chi connectivity index (χ2v) is 6.36. The molecule has 0 aliphatic carbocycles. The van der Waals surface area contributed by atoms with E-state index < -0.39 is 4.92 Å². The number of piperazine rings is 1. The molecule has 8 heteroatoms. The Bertz CT molecular complexity index is 791. The summed E-state index contributed by atoms with van der Waals surface area (Å²) in [7, 11) is 1.67. The van der Waals surface area contributed by atoms with Crippen molar-refractivity contribution in [2.75, 3.05) is 57.1 Å². The van der Waals surface area contributed by atoms with Crippen LogP contribution in [-0.2, 0) is 0 Å². The van der Waals surface area contributed by atoms with Gasteiger partial charge in [-0.2, -0.15) is 0 Å². The first-order chi connectivity index (χ1) is 13.1. The number of nitro benzene ring substituents is 1. The van der Waals surface area contributed by atoms with E-state index in [1.807, 2.05) is 18.2 Å². The zero-order chi connectivity index (χ0) is 19.2. The molecule has 2 N–H and O–H groups in total. The maximum absolute atomic E-state index is 10.9. The van der Waals surface area contributed by atoms with E-state index in [-0.39, 0.29) is 11.4 Å². The lowest BCUT2D eigenvalue weighted by molar-refractivity contribution is -0.384. The van der Waals surface area contributed by atoms with Gasteiger partial charge in [-0.3, -0.25) is 15.0 Å². The third-order valence-corrected chi connectivity index (χ3v) is 4.67. The molecular weight excluding hydrogens is 348 g/mol. The van der Waals surface area contributed by atoms with Crippen LogP contribution in [0.25, 0.3) is 0 Å². The Labute approximate surface area is 158 Å². The Hall–Kier alpha value is -3.00. The van der Waals surface area contributed by atoms with Crippen LogP contribution in [0, 0.1) is 10.1 Å². The van der Waals surface area contributed by atoms with Gasteiger partial charge >= 0.3 is 0 Å². The molecule has 0 amide bonds. The van der Waals surface area contributed by atoms with E-state index >= 15 is 0 Å². The fourth-order valence-electron chi connectivity index (χ4n) is 3.10. The molecule has 2 aromatic carbocycles. The second kappa shape index (κ2) is 8.59. The number of anilines is 2. The van der Waals surface area contributed by atoms with Crippen molar-refractivity contribution in [1.82, 2.24) is 4.90 Å². The molecule has 0 atom stereocenters. The van der Waals surface area contributed by atoms with Crippen molar-refractivity contribution in [2.45, 2.75) is 0 Å². The van der Waals surface area contributed by atoms with Crippen LogP contribution in [0.1, 0.15) is 0 Å². The number of nitrogen functional groups attached to an aromatic ring is 1. The van der Waals surface area contributed by atoms with E-state index in [1.54, 1.807) is 13.2 Å². The first kappa shape index (κ1) is 18.8. The third-order valence-electron chi connectivity index (χ3n) is 4.67. The summed E-state index contributed by atoms with van der Waals surface area (Å²) < 4.78 is 11.0. The van der Waals surface area contributed by atoms with Gasteiger partial charge in [-0.1, -0.05) is 6.07 Å². The van der Waals surface area contributed by atoms with Gasteiger partial charge in [0, 0.05) is 44.5 Å². The molecule has 0 aromatic heterocycles. The fraction of sp³-hybridized carbons (Fsp3) is 0.368. The molecule has 144 valence electrons. The van der Waals surface area contributed by atoms with Crippen LogP contribution in [0.2, 0.25) is 0 Å². The van der Waals surface area contributed by atoms with Gasteiger partial charge in [0.1, 0.15) is 23.8 Å². The van der Waals surface area contributed by atoms with Crippen molar-refractivity contribution in [3.63, 3.8) is 0 Å². The van der Waals surface area contributed by atoms with Gasteiger partial charge in [0.2, 0.25) is 0 Å². The summed E-state index contributed by atoms with van der Waals surface area (Å²) >= 11 is 0. The van der Waals surface area contributed by atoms with E-state index in [0.717, 1.165) is 38.5 Å². The Morgan fingerprint density at radius 2 is 1.89 bits per heavy atom. The number of nitrogens with two attached hydrogens (primary N) is 1. The molecular formula is C19H24N4O4. The summed E-state index contributed by atoms with van der Waals surface area (Å²) in [5.41, 5.74) is 6.78. The normalized spacial score (nSPS) is 14.8. The van der Waals surface area contributed by atoms with Crippen LogP contribution in [0.4, 0.5) is 17.1 Å². The number of rotatable bonds is 7. The molecule has 1 aliphatic rings. The lowest BCUT2D eigenvalue weighted by Gasteiger charge is -2.36. The van der Waals surface area contributed by atoms with E-state index in [2.05, 4.69) is 15.9 Å². The molecule has 27 heavy (non-hydrogen) atoms. The molecule has 0 radical (unpaired) electrons. The van der Waals surface area contributed by atoms with Crippen molar-refractivity contribution in [3.8, 4) is 11.5 Å². The lowest BCUT2D eigenvalue weighted by atomic mass is 10.2. The van der Waals surface area contributed by atoms with Crippen LogP contribution < -0.4 is 20.1 Å². The Morgan fingerprint density at radius 1 is 1.11 bits per heavy atom. The number of ether oxygens (including phenoxy) is 2. The SMILES string of the molecule is COc1cccc(N2CCN(CCOc3ccc(N)c([N+](=O)[O-])c3)CC2)c1. The highest BCUT2D eigenvalue weighted by Gasteiger charge is 2.18. The second-order valence-electron chi connectivity index (χ2n) is 6.36. The molecule has 0 saturated carbocycles. The van der Waals surface area contributed by atoms with Gasteiger partial charge in [-0.05, 0) is 24.3 Å². The lowest BCUT2D eigenvalue weighted by Crippen LogP contribution is -2.47. The molecule has 2 aromatic rings. The Morgan fingerprint density at radius 3 is 2.59 bits per heavy atom. The summed E-state index contributed by atoms with van der Waals surface area (Å²) in [5.74, 6) is 1.33. The average Bonchev–Trinajstić information content (AvgIpc) is 2.69. The van der Waals surface area contributed by atoms with Gasteiger partial charge < -0.3 is 20.1 Å². The summed E-state index contributed by atoms with van der Waals surface area (Å²) in [6.07, 6.45) is 0. The number of hydrogen-bond acceptors (Lipinski definition) is 7. The number of nitro groups is 1. The standard InChI is InChI=1S/C19H24N4O4/c1-26-16-4-2-3-15(13-16)22-9-7-21(8-10-22)11-12-27-17-5-6-18(20)19(14-17)23(24)25/h2-6,13-14H,7-12,20H2,1H3. The van der Waals surface area contributed by atoms with E-state index in [1.165, 1.54) is 17.8 Å². The first-order valence-electron chi connectivity index (χ1n) is 8.85. The molecule has 0 spiro atoms. The van der Waals surface area contributed by atoms with Gasteiger partial charge in [0.05, 0.1) is 18.1 Å². The quantitative estimate of drug-likeness (QED) is 0.453. The van der Waals surface area contributed by atoms with Crippen molar-refractivity contribution in [3.05, 3.63) is 52.6 Å². The smallest absolute Gasteiger partial charge is 0.295 e. The zero-order valence-corrected chi connectivity index (χ0v) is 15.3. The summed E-state index contributed by atoms with van der Waals surface area (Å²) in [4.78, 5) is 15.1. The molecule has 1 heterocycles. The molecule has 3 rings (SSSR count). The zero-order valence-electron chi connectivity index (χ0n) is 15.3. The maximum atomic E-state index is 10.9. The molecule has 8 nitrogen and oxygen atoms in total. The highest BCUT2D eigenvalue weighted by Crippen LogP contribution is 2.26. The molecule has 1 saturated heterocycles. The Balaban J connectivity index is 1.46. The van der Waals surface area contributed by atoms with Crippen molar-refractivity contribution in [2.24, 2.45) is 0 Å². The monoisotopic (exact) mass is 372 g/mol. The maximum Gasteiger partial charge on any atom is 0.295 e. The topological polar surface area (TPSA) is 94.1 Å². The Kier molecular flexibility index (Phi) is 5.97. The van der Waals surface area contributed by atoms with Gasteiger partial charge in [0.25, 0.3) is 5.69 Å². The third kappa shape index (κ3) is 4.79. The van der Waals surface area contributed by atoms with Crippen LogP contribution in [0.15, 0.2) is 42.5 Å². The number of methoxy groups -OCH3 is 1. The van der Waals surface area contributed by atoms with Crippen molar-refractivity contribution >= 4 is 17.1 Å². The van der Waals surface area contributed by atoms with Crippen LogP contribution in [-0.4, -0.2) is 56.3 Å². The molecule has 1 fully saturated rings. The van der Waals surface area contributed by atoms with Crippen LogP contribution >= 0.6 is 0 Å². The van der Waals surface area contributed by atoms with Gasteiger partial charge in [-0.15, -0.1) is 0 Å². The van der Waals surface area contributed by atoms with Gasteiger partial charge in [0.15, 0.2) is 0 Å². The van der Waals surface area contributed by atoms with E-state index in [4.69, 9.17) is 15.2 Å². The van der Waals surface area contributed by atoms with Crippen molar-refractivity contribution < 1.29 is 14.4 Å². The summed E-state index contributed by atoms with van der Waals surface area (Å²) in [6, 6.07) is 12.6. The minimum atomic E-state index is -0.500. The fourth-order valence-corrected chi connectivity index (χ4v) is 3.10. The predicted molar refractivity (Wildman–Crippen MR) is 105 cm³/mol. The highest BCUT2D eigenvalue weighted by atomic mass is 16.6. The number of benzene rings is 2. The summed E-state index contributed by atoms with van der Waals surface area (Å²) in [5, 5.41) is 10.9. The minimum absolute atomic E-state index is 0.126. The average molecular weight is 372 g/mol. The first-order valence-corrected chi connectivity index (χ1v) is 8.85. The van der Waals surface area contributed by atoms with Crippen LogP contribution in [0.3, 0.4) is 0 Å². The van der Waals surface area contributed by atoms with Gasteiger partial charge in [-0.25, -0.2) is 0 Å². The molecule has 0 unspecified atom stereocenters. The summed E-state index contributed by atoms with van der Waals surface area (Å²) in [6.45, 7) is 4.97. The van der Waals surface area contributed by atoms with E-state index in [9.17, 15) is 10.1 Å².